The zero-order valence-electron chi connectivity index (χ0n) is 21.9. The van der Waals surface area contributed by atoms with Gasteiger partial charge in [-0.3, -0.25) is 13.9 Å². The Morgan fingerprint density at radius 1 is 1.21 bits per heavy atom. The minimum atomic E-state index is -4.81. The summed E-state index contributed by atoms with van der Waals surface area (Å²) in [4.78, 5) is 30.1. The van der Waals surface area contributed by atoms with Crippen LogP contribution in [-0.2, 0) is 27.8 Å². The van der Waals surface area contributed by atoms with Gasteiger partial charge in [0.15, 0.2) is 6.29 Å². The molecule has 0 spiro atoms. The highest BCUT2D eigenvalue weighted by Crippen LogP contribution is 2.26. The molecular weight excluding hydrogens is 523 g/mol. The topological polar surface area (TPSA) is 103 Å². The summed E-state index contributed by atoms with van der Waals surface area (Å²) in [5.41, 5.74) is -0.765. The van der Waals surface area contributed by atoms with E-state index in [0.29, 0.717) is 19.6 Å². The number of aromatic nitrogens is 2. The van der Waals surface area contributed by atoms with E-state index in [1.165, 1.54) is 29.8 Å². The van der Waals surface area contributed by atoms with E-state index in [2.05, 4.69) is 16.3 Å². The molecule has 2 aromatic rings. The van der Waals surface area contributed by atoms with Crippen molar-refractivity contribution in [2.45, 2.75) is 51.8 Å². The van der Waals surface area contributed by atoms with E-state index >= 15 is 0 Å². The van der Waals surface area contributed by atoms with Crippen LogP contribution >= 0.6 is 0 Å². The van der Waals surface area contributed by atoms with Gasteiger partial charge in [-0.1, -0.05) is 12.6 Å². The van der Waals surface area contributed by atoms with E-state index < -0.39 is 23.4 Å². The molecule has 0 radical (unpaired) electrons. The molecule has 1 aromatic heterocycles. The Kier molecular flexibility index (Phi) is 10.8. The first-order chi connectivity index (χ1) is 18.6. The van der Waals surface area contributed by atoms with Gasteiger partial charge in [0.1, 0.15) is 30.5 Å². The number of rotatable bonds is 12. The standard InChI is InChI=1S/C26H32F3N3O7/c1-4-21(36-16-15-35-19-9-7-10-20(17-19)39-26(27,28)29)30-23-18(2)24(33)32(25(34)31(23)3)12-8-14-38-22-11-5-6-13-37-22/h4,7,9-10,17,22H,1,5-6,8,11-16H2,2-3H3. The second kappa shape index (κ2) is 14.0. The van der Waals surface area contributed by atoms with Crippen molar-refractivity contribution in [2.75, 3.05) is 26.4 Å². The van der Waals surface area contributed by atoms with E-state index in [1.54, 1.807) is 6.92 Å². The highest BCUT2D eigenvalue weighted by atomic mass is 19.4. The summed E-state index contributed by atoms with van der Waals surface area (Å²) in [6, 6.07) is 5.08. The van der Waals surface area contributed by atoms with Gasteiger partial charge in [0.25, 0.3) is 5.56 Å². The largest absolute Gasteiger partial charge is 0.573 e. The van der Waals surface area contributed by atoms with Crippen LogP contribution in [0.5, 0.6) is 11.5 Å². The lowest BCUT2D eigenvalue weighted by atomic mass is 10.2. The molecular formula is C26H32F3N3O7. The monoisotopic (exact) mass is 555 g/mol. The number of ether oxygens (including phenoxy) is 5. The summed E-state index contributed by atoms with van der Waals surface area (Å²) >= 11 is 0. The van der Waals surface area contributed by atoms with Crippen LogP contribution in [0.1, 0.15) is 31.2 Å². The Hall–Kier alpha value is -3.58. The Bertz CT molecular complexity index is 1230. The molecule has 1 saturated heterocycles. The predicted molar refractivity (Wildman–Crippen MR) is 137 cm³/mol. The normalized spacial score (nSPS) is 16.1. The van der Waals surface area contributed by atoms with Crippen LogP contribution in [0.4, 0.5) is 19.0 Å². The average Bonchev–Trinajstić information content (AvgIpc) is 2.90. The minimum Gasteiger partial charge on any atom is -0.490 e. The lowest BCUT2D eigenvalue weighted by molar-refractivity contribution is -0.274. The first-order valence-corrected chi connectivity index (χ1v) is 12.4. The smallest absolute Gasteiger partial charge is 0.490 e. The number of hydrogen-bond donors (Lipinski definition) is 0. The van der Waals surface area contributed by atoms with Crippen molar-refractivity contribution in [3.63, 3.8) is 0 Å². The number of nitrogens with zero attached hydrogens (tertiary/aromatic N) is 3. The Morgan fingerprint density at radius 3 is 2.67 bits per heavy atom. The second-order valence-corrected chi connectivity index (χ2v) is 8.64. The Balaban J connectivity index is 1.59. The quantitative estimate of drug-likeness (QED) is 0.222. The summed E-state index contributed by atoms with van der Waals surface area (Å²) < 4.78 is 65.6. The van der Waals surface area contributed by atoms with Crippen molar-refractivity contribution in [3.05, 3.63) is 63.3 Å². The fourth-order valence-electron chi connectivity index (χ4n) is 3.85. The zero-order valence-corrected chi connectivity index (χ0v) is 21.9. The first-order valence-electron chi connectivity index (χ1n) is 12.4. The molecule has 1 fully saturated rings. The molecule has 0 amide bonds. The number of halogens is 3. The maximum atomic E-state index is 12.9. The van der Waals surface area contributed by atoms with Crippen LogP contribution in [-0.4, -0.2) is 54.1 Å². The van der Waals surface area contributed by atoms with E-state index in [1.807, 2.05) is 0 Å². The molecule has 1 unspecified atom stereocenters. The van der Waals surface area contributed by atoms with Crippen LogP contribution < -0.4 is 20.7 Å². The maximum Gasteiger partial charge on any atom is 0.573 e. The molecule has 0 saturated carbocycles. The Labute approximate surface area is 223 Å². The second-order valence-electron chi connectivity index (χ2n) is 8.64. The van der Waals surface area contributed by atoms with Crippen LogP contribution in [0.2, 0.25) is 0 Å². The SMILES string of the molecule is C=CC(=Nc1c(C)c(=O)n(CCCOC2CCCCO2)c(=O)n1C)OCCOc1cccc(OC(F)(F)F)c1. The molecule has 214 valence electrons. The number of benzene rings is 1. The van der Waals surface area contributed by atoms with Gasteiger partial charge in [-0.25, -0.2) is 4.79 Å². The van der Waals surface area contributed by atoms with E-state index in [-0.39, 0.29) is 49.1 Å². The van der Waals surface area contributed by atoms with Gasteiger partial charge in [0, 0.05) is 26.3 Å². The van der Waals surface area contributed by atoms with Crippen LogP contribution in [0.15, 0.2) is 51.5 Å². The molecule has 2 heterocycles. The number of aliphatic imine (C=N–C) groups is 1. The molecule has 0 bridgehead atoms. The minimum absolute atomic E-state index is 0.0314. The molecule has 1 atom stereocenters. The van der Waals surface area contributed by atoms with Crippen LogP contribution in [0.3, 0.4) is 0 Å². The fourth-order valence-corrected chi connectivity index (χ4v) is 3.85. The van der Waals surface area contributed by atoms with Crippen molar-refractivity contribution in [3.8, 4) is 11.5 Å². The van der Waals surface area contributed by atoms with Gasteiger partial charge in [-0.2, -0.15) is 4.99 Å². The molecule has 3 rings (SSSR count). The fraction of sp³-hybridized carbons (Fsp3) is 0.500. The third-order valence-corrected chi connectivity index (χ3v) is 5.74. The molecule has 1 aliphatic heterocycles. The molecule has 10 nitrogen and oxygen atoms in total. The highest BCUT2D eigenvalue weighted by molar-refractivity contribution is 5.89. The van der Waals surface area contributed by atoms with E-state index in [0.717, 1.165) is 36.0 Å². The molecule has 1 aliphatic rings. The third-order valence-electron chi connectivity index (χ3n) is 5.74. The van der Waals surface area contributed by atoms with Crippen molar-refractivity contribution in [1.29, 1.82) is 0 Å². The maximum absolute atomic E-state index is 12.9. The van der Waals surface area contributed by atoms with Crippen molar-refractivity contribution >= 4 is 11.7 Å². The van der Waals surface area contributed by atoms with Gasteiger partial charge >= 0.3 is 12.1 Å². The summed E-state index contributed by atoms with van der Waals surface area (Å²) in [5.74, 6) is -0.119. The highest BCUT2D eigenvalue weighted by Gasteiger charge is 2.31. The van der Waals surface area contributed by atoms with Gasteiger partial charge in [-0.15, -0.1) is 13.2 Å². The zero-order chi connectivity index (χ0) is 28.4. The molecule has 39 heavy (non-hydrogen) atoms. The van der Waals surface area contributed by atoms with Crippen molar-refractivity contribution in [1.82, 2.24) is 9.13 Å². The van der Waals surface area contributed by atoms with E-state index in [9.17, 15) is 22.8 Å². The van der Waals surface area contributed by atoms with Gasteiger partial charge in [0.05, 0.1) is 12.2 Å². The molecule has 0 aliphatic carbocycles. The molecule has 1 aromatic carbocycles. The van der Waals surface area contributed by atoms with Crippen molar-refractivity contribution < 1.29 is 36.9 Å². The Morgan fingerprint density at radius 2 is 1.97 bits per heavy atom. The summed E-state index contributed by atoms with van der Waals surface area (Å²) in [7, 11) is 1.50. The van der Waals surface area contributed by atoms with Gasteiger partial charge in [-0.05, 0) is 50.8 Å². The summed E-state index contributed by atoms with van der Waals surface area (Å²) in [6.07, 6.45) is -0.394. The van der Waals surface area contributed by atoms with Gasteiger partial charge < -0.3 is 23.7 Å². The lowest BCUT2D eigenvalue weighted by Gasteiger charge is -2.22. The average molecular weight is 556 g/mol. The summed E-state index contributed by atoms with van der Waals surface area (Å²) in [5, 5.41) is 0. The summed E-state index contributed by atoms with van der Waals surface area (Å²) in [6.45, 7) is 6.33. The lowest BCUT2D eigenvalue weighted by Crippen LogP contribution is -2.40. The third kappa shape index (κ3) is 8.99. The van der Waals surface area contributed by atoms with E-state index in [4.69, 9.17) is 18.9 Å². The molecule has 13 heteroatoms. The molecule has 0 N–H and O–H groups in total. The van der Waals surface area contributed by atoms with Crippen LogP contribution in [0, 0.1) is 6.92 Å². The van der Waals surface area contributed by atoms with Gasteiger partial charge in [0.2, 0.25) is 5.90 Å². The van der Waals surface area contributed by atoms with Crippen molar-refractivity contribution in [2.24, 2.45) is 12.0 Å². The number of alkyl halides is 3. The first kappa shape index (κ1) is 30.0. The predicted octanol–water partition coefficient (Wildman–Crippen LogP) is 4.00. The number of hydrogen-bond acceptors (Lipinski definition) is 8. The van der Waals surface area contributed by atoms with Crippen LogP contribution in [0.25, 0.3) is 0 Å².